The number of aryl methyl sites for hydroxylation is 2. The van der Waals surface area contributed by atoms with Crippen LogP contribution in [-0.4, -0.2) is 16.8 Å². The second-order valence-electron chi connectivity index (χ2n) is 9.15. The third-order valence-corrected chi connectivity index (χ3v) is 8.30. The molecular formula is C32H27N3O2S2. The monoisotopic (exact) mass is 549 g/mol. The van der Waals surface area contributed by atoms with Gasteiger partial charge < -0.3 is 10.6 Å². The second kappa shape index (κ2) is 12.1. The number of nitrogens with one attached hydrogen (secondary N) is 2. The largest absolute Gasteiger partial charge is 0.322 e. The molecular weight excluding hydrogens is 523 g/mol. The first-order valence-corrected chi connectivity index (χ1v) is 14.3. The van der Waals surface area contributed by atoms with Crippen molar-refractivity contribution in [2.45, 2.75) is 23.9 Å². The Morgan fingerprint density at radius 3 is 2.46 bits per heavy atom. The number of hydrogen-bond acceptors (Lipinski definition) is 5. The number of aromatic nitrogens is 1. The minimum absolute atomic E-state index is 0.120. The van der Waals surface area contributed by atoms with Crippen molar-refractivity contribution >= 4 is 62.6 Å². The van der Waals surface area contributed by atoms with Crippen LogP contribution in [0.25, 0.3) is 16.3 Å². The van der Waals surface area contributed by atoms with Crippen LogP contribution < -0.4 is 10.6 Å². The maximum Gasteiger partial charge on any atom is 0.255 e. The van der Waals surface area contributed by atoms with E-state index >= 15 is 0 Å². The van der Waals surface area contributed by atoms with Crippen LogP contribution in [0.15, 0.2) is 101 Å². The lowest BCUT2D eigenvalue weighted by Gasteiger charge is -2.09. The number of amides is 2. The second-order valence-corrected chi connectivity index (χ2v) is 11.4. The van der Waals surface area contributed by atoms with Gasteiger partial charge in [0.1, 0.15) is 0 Å². The average Bonchev–Trinajstić information content (AvgIpc) is 3.35. The molecule has 0 spiro atoms. The topological polar surface area (TPSA) is 71.1 Å². The van der Waals surface area contributed by atoms with Crippen molar-refractivity contribution < 1.29 is 9.59 Å². The molecule has 0 fully saturated rings. The van der Waals surface area contributed by atoms with Crippen LogP contribution in [0.5, 0.6) is 0 Å². The third kappa shape index (κ3) is 7.02. The molecule has 0 bridgehead atoms. The summed E-state index contributed by atoms with van der Waals surface area (Å²) in [6.45, 7) is 4.03. The van der Waals surface area contributed by atoms with Crippen molar-refractivity contribution in [2.24, 2.45) is 0 Å². The minimum atomic E-state index is -0.177. The number of hydrogen-bond donors (Lipinski definition) is 2. The molecule has 4 aromatic carbocycles. The van der Waals surface area contributed by atoms with Gasteiger partial charge in [-0.1, -0.05) is 71.9 Å². The normalized spacial score (nSPS) is 11.1. The van der Waals surface area contributed by atoms with Gasteiger partial charge in [0.2, 0.25) is 5.91 Å². The van der Waals surface area contributed by atoms with Crippen molar-refractivity contribution in [3.05, 3.63) is 125 Å². The highest BCUT2D eigenvalue weighted by atomic mass is 32.2. The molecule has 0 saturated heterocycles. The van der Waals surface area contributed by atoms with Crippen LogP contribution in [-0.2, 0) is 10.5 Å². The zero-order valence-electron chi connectivity index (χ0n) is 21.6. The molecule has 0 aliphatic carbocycles. The van der Waals surface area contributed by atoms with Crippen molar-refractivity contribution in [1.29, 1.82) is 0 Å². The van der Waals surface area contributed by atoms with Crippen molar-refractivity contribution in [1.82, 2.24) is 4.98 Å². The lowest BCUT2D eigenvalue weighted by Crippen LogP contribution is -2.12. The zero-order valence-corrected chi connectivity index (χ0v) is 23.2. The van der Waals surface area contributed by atoms with E-state index in [2.05, 4.69) is 16.7 Å². The lowest BCUT2D eigenvalue weighted by molar-refractivity contribution is -0.111. The number of rotatable bonds is 8. The number of thioether (sulfide) groups is 1. The zero-order chi connectivity index (χ0) is 27.2. The maximum atomic E-state index is 12.7. The predicted octanol–water partition coefficient (Wildman–Crippen LogP) is 8.11. The first-order valence-electron chi connectivity index (χ1n) is 12.5. The van der Waals surface area contributed by atoms with Gasteiger partial charge in [0.05, 0.1) is 10.2 Å². The molecule has 0 saturated carbocycles. The quantitative estimate of drug-likeness (QED) is 0.151. The van der Waals surface area contributed by atoms with Crippen LogP contribution in [0.3, 0.4) is 0 Å². The van der Waals surface area contributed by atoms with Crippen LogP contribution in [0, 0.1) is 13.8 Å². The molecule has 7 heteroatoms. The van der Waals surface area contributed by atoms with E-state index < -0.39 is 0 Å². The Kier molecular flexibility index (Phi) is 8.20. The van der Waals surface area contributed by atoms with E-state index in [0.29, 0.717) is 5.56 Å². The molecule has 5 nitrogen and oxygen atoms in total. The van der Waals surface area contributed by atoms with E-state index in [-0.39, 0.29) is 11.8 Å². The van der Waals surface area contributed by atoms with E-state index in [0.717, 1.165) is 48.4 Å². The van der Waals surface area contributed by atoms with Crippen LogP contribution >= 0.6 is 23.1 Å². The van der Waals surface area contributed by atoms with E-state index in [9.17, 15) is 9.59 Å². The summed E-state index contributed by atoms with van der Waals surface area (Å²) in [5.41, 5.74) is 7.38. The number of carbonyl (C=O) groups excluding carboxylic acids is 2. The molecule has 0 aliphatic heterocycles. The highest BCUT2D eigenvalue weighted by molar-refractivity contribution is 8.00. The Morgan fingerprint density at radius 1 is 0.897 bits per heavy atom. The molecule has 2 N–H and O–H groups in total. The van der Waals surface area contributed by atoms with Crippen LogP contribution in [0.1, 0.15) is 32.6 Å². The third-order valence-electron chi connectivity index (χ3n) is 6.07. The highest BCUT2D eigenvalue weighted by Gasteiger charge is 2.10. The number of benzene rings is 4. The van der Waals surface area contributed by atoms with E-state index in [1.807, 2.05) is 98.8 Å². The molecule has 5 aromatic rings. The molecule has 0 aliphatic rings. The fourth-order valence-electron chi connectivity index (χ4n) is 4.01. The molecule has 0 atom stereocenters. The standard InChI is InChI=1S/C32H27N3O2S2/c1-21-8-15-27(22(2)18-21)34-31(37)25-12-9-24(10-13-25)20-38-32-35-28-16-14-26(19-29(28)39-32)33-30(36)17-11-23-6-4-3-5-7-23/h3-19H,20H2,1-2H3,(H,33,36)(H,34,37). The predicted molar refractivity (Wildman–Crippen MR) is 164 cm³/mol. The smallest absolute Gasteiger partial charge is 0.255 e. The lowest BCUT2D eigenvalue weighted by atomic mass is 10.1. The SMILES string of the molecule is Cc1ccc(NC(=O)c2ccc(CSc3nc4ccc(NC(=O)C=Cc5ccccc5)cc4s3)cc2)c(C)c1. The van der Waals surface area contributed by atoms with Crippen LogP contribution in [0.2, 0.25) is 0 Å². The molecule has 39 heavy (non-hydrogen) atoms. The van der Waals surface area contributed by atoms with Crippen LogP contribution in [0.4, 0.5) is 11.4 Å². The number of thiazole rings is 1. The molecule has 2 amide bonds. The molecule has 0 unspecified atom stereocenters. The summed E-state index contributed by atoms with van der Waals surface area (Å²) in [7, 11) is 0. The van der Waals surface area contributed by atoms with Gasteiger partial charge in [-0.25, -0.2) is 4.98 Å². The Labute approximate surface area is 236 Å². The molecule has 0 radical (unpaired) electrons. The van der Waals surface area contributed by atoms with Gasteiger partial charge in [-0.2, -0.15) is 0 Å². The molecule has 5 rings (SSSR count). The van der Waals surface area contributed by atoms with Gasteiger partial charge in [0.15, 0.2) is 4.34 Å². The minimum Gasteiger partial charge on any atom is -0.322 e. The van der Waals surface area contributed by atoms with Gasteiger partial charge in [0, 0.05) is 28.8 Å². The Morgan fingerprint density at radius 2 is 1.69 bits per heavy atom. The molecule has 194 valence electrons. The van der Waals surface area contributed by atoms with Gasteiger partial charge in [-0.3, -0.25) is 9.59 Å². The number of carbonyl (C=O) groups is 2. The summed E-state index contributed by atoms with van der Waals surface area (Å²) >= 11 is 3.25. The first-order chi connectivity index (χ1) is 18.9. The van der Waals surface area contributed by atoms with Crippen molar-refractivity contribution in [3.63, 3.8) is 0 Å². The summed E-state index contributed by atoms with van der Waals surface area (Å²) < 4.78 is 1.97. The Bertz CT molecular complexity index is 1660. The average molecular weight is 550 g/mol. The van der Waals surface area contributed by atoms with Gasteiger partial charge in [-0.15, -0.1) is 11.3 Å². The summed E-state index contributed by atoms with van der Waals surface area (Å²) in [4.78, 5) is 29.7. The van der Waals surface area contributed by atoms with E-state index in [1.165, 1.54) is 11.6 Å². The summed E-state index contributed by atoms with van der Waals surface area (Å²) in [5.74, 6) is 0.446. The van der Waals surface area contributed by atoms with Gasteiger partial charge >= 0.3 is 0 Å². The number of fused-ring (bicyclic) bond motifs is 1. The van der Waals surface area contributed by atoms with Gasteiger partial charge in [0.25, 0.3) is 5.91 Å². The van der Waals surface area contributed by atoms with Crippen molar-refractivity contribution in [2.75, 3.05) is 10.6 Å². The highest BCUT2D eigenvalue weighted by Crippen LogP contribution is 2.33. The maximum absolute atomic E-state index is 12.7. The first kappa shape index (κ1) is 26.4. The van der Waals surface area contributed by atoms with Gasteiger partial charge in [-0.05, 0) is 73.0 Å². The fourth-order valence-corrected chi connectivity index (χ4v) is 6.07. The van der Waals surface area contributed by atoms with E-state index in [4.69, 9.17) is 4.98 Å². The summed E-state index contributed by atoms with van der Waals surface area (Å²) in [5, 5.41) is 5.91. The van der Waals surface area contributed by atoms with E-state index in [1.54, 1.807) is 29.2 Å². The van der Waals surface area contributed by atoms with Crippen molar-refractivity contribution in [3.8, 4) is 0 Å². The molecule has 1 aromatic heterocycles. The summed E-state index contributed by atoms with van der Waals surface area (Å²) in [6, 6.07) is 29.1. The Balaban J connectivity index is 1.17. The summed E-state index contributed by atoms with van der Waals surface area (Å²) in [6.07, 6.45) is 3.32. The molecule has 1 heterocycles. The number of anilines is 2. The Hall–Kier alpha value is -4.20. The number of nitrogens with zero attached hydrogens (tertiary/aromatic N) is 1. The fraction of sp³-hybridized carbons (Fsp3) is 0.0938.